The van der Waals surface area contributed by atoms with Crippen LogP contribution in [0.1, 0.15) is 36.0 Å². The van der Waals surface area contributed by atoms with E-state index in [0.717, 1.165) is 22.4 Å². The number of allylic oxidation sites excluding steroid dienone is 2. The summed E-state index contributed by atoms with van der Waals surface area (Å²) in [5, 5.41) is 15.5. The molecule has 0 saturated carbocycles. The molecule has 0 radical (unpaired) electrons. The Kier molecular flexibility index (Phi) is 15.1. The topological polar surface area (TPSA) is 114 Å². The Morgan fingerprint density at radius 3 is 2.00 bits per heavy atom. The first-order chi connectivity index (χ1) is 21.9. The third-order valence-electron chi connectivity index (χ3n) is 7.25. The number of ether oxygens (including phenoxy) is 2. The Hall–Kier alpha value is -4.69. The van der Waals surface area contributed by atoms with Crippen molar-refractivity contribution in [2.45, 2.75) is 44.8 Å². The second kappa shape index (κ2) is 19.6. The monoisotopic (exact) mass is 612 g/mol. The van der Waals surface area contributed by atoms with E-state index in [-0.39, 0.29) is 49.9 Å². The van der Waals surface area contributed by atoms with Gasteiger partial charge in [-0.2, -0.15) is 0 Å². The summed E-state index contributed by atoms with van der Waals surface area (Å²) < 4.78 is 11.3. The first-order valence-corrected chi connectivity index (χ1v) is 15.3. The molecule has 3 atom stereocenters. The van der Waals surface area contributed by atoms with E-state index in [1.165, 1.54) is 0 Å². The van der Waals surface area contributed by atoms with Crippen molar-refractivity contribution in [3.05, 3.63) is 127 Å². The van der Waals surface area contributed by atoms with E-state index in [4.69, 9.17) is 9.47 Å². The number of carbonyl (C=O) groups excluding carboxylic acids is 3. The Labute approximate surface area is 266 Å². The van der Waals surface area contributed by atoms with Crippen LogP contribution in [-0.4, -0.2) is 48.7 Å². The summed E-state index contributed by atoms with van der Waals surface area (Å²) in [6, 6.07) is 26.6. The van der Waals surface area contributed by atoms with Crippen molar-refractivity contribution in [1.29, 1.82) is 0 Å². The van der Waals surface area contributed by atoms with Gasteiger partial charge in [-0.1, -0.05) is 84.9 Å². The normalized spacial score (nSPS) is 12.6. The Morgan fingerprint density at radius 1 is 0.778 bits per heavy atom. The molecule has 8 heteroatoms. The number of amides is 2. The quantitative estimate of drug-likeness (QED) is 0.0945. The maximum Gasteiger partial charge on any atom is 0.309 e. The molecule has 0 aliphatic heterocycles. The van der Waals surface area contributed by atoms with Crippen LogP contribution in [0.5, 0.6) is 5.75 Å². The molecule has 238 valence electrons. The van der Waals surface area contributed by atoms with Gasteiger partial charge in [-0.15, -0.1) is 13.2 Å². The summed E-state index contributed by atoms with van der Waals surface area (Å²) in [7, 11) is 0. The molecule has 2 amide bonds. The molecule has 0 bridgehead atoms. The number of benzene rings is 3. The highest BCUT2D eigenvalue weighted by atomic mass is 16.5. The largest absolute Gasteiger partial charge is 0.489 e. The summed E-state index contributed by atoms with van der Waals surface area (Å²) in [6.45, 7) is 7.80. The van der Waals surface area contributed by atoms with Gasteiger partial charge in [-0.25, -0.2) is 0 Å². The van der Waals surface area contributed by atoms with Crippen molar-refractivity contribution in [1.82, 2.24) is 10.6 Å². The van der Waals surface area contributed by atoms with Gasteiger partial charge in [0.25, 0.3) is 0 Å². The molecule has 0 unspecified atom stereocenters. The number of aliphatic hydroxyl groups excluding tert-OH is 1. The maximum atomic E-state index is 12.9. The smallest absolute Gasteiger partial charge is 0.309 e. The van der Waals surface area contributed by atoms with Crippen molar-refractivity contribution in [3.8, 4) is 5.75 Å². The molecule has 3 aromatic carbocycles. The van der Waals surface area contributed by atoms with E-state index in [1.54, 1.807) is 12.2 Å². The molecular weight excluding hydrogens is 568 g/mol. The van der Waals surface area contributed by atoms with E-state index in [1.807, 2.05) is 84.9 Å². The molecule has 0 saturated heterocycles. The summed E-state index contributed by atoms with van der Waals surface area (Å²) >= 11 is 0. The van der Waals surface area contributed by atoms with E-state index >= 15 is 0 Å². The minimum absolute atomic E-state index is 0.0166. The van der Waals surface area contributed by atoms with Crippen LogP contribution < -0.4 is 15.4 Å². The van der Waals surface area contributed by atoms with Crippen molar-refractivity contribution >= 4 is 17.8 Å². The Bertz CT molecular complexity index is 1340. The van der Waals surface area contributed by atoms with Crippen LogP contribution >= 0.6 is 0 Å². The lowest BCUT2D eigenvalue weighted by atomic mass is 9.96. The van der Waals surface area contributed by atoms with E-state index in [0.29, 0.717) is 32.3 Å². The standard InChI is InChI=1S/C37H44N2O6/c1-3-11-31(36(42)38-21-22-44-37(43)32(12-4-2)23-28-13-7-5-8-14-28)25-35(41)39-33(26-40)24-29-17-19-34(20-18-29)45-27-30-15-9-6-10-16-30/h3-10,13-20,31-33,40H,1-2,11-12,21-27H2,(H,38,42)(H,39,41)/t31-,32+,33-/m0/s1. The molecule has 45 heavy (non-hydrogen) atoms. The fourth-order valence-electron chi connectivity index (χ4n) is 4.85. The minimum atomic E-state index is -0.648. The number of esters is 1. The fraction of sp³-hybridized carbons (Fsp3) is 0.324. The zero-order valence-electron chi connectivity index (χ0n) is 25.7. The van der Waals surface area contributed by atoms with E-state index in [2.05, 4.69) is 23.8 Å². The number of hydrogen-bond donors (Lipinski definition) is 3. The summed E-state index contributed by atoms with van der Waals surface area (Å²) in [5.74, 6) is -1.31. The van der Waals surface area contributed by atoms with Gasteiger partial charge in [0.2, 0.25) is 11.8 Å². The molecule has 0 aromatic heterocycles. The van der Waals surface area contributed by atoms with Gasteiger partial charge in [0.15, 0.2) is 0 Å². The lowest BCUT2D eigenvalue weighted by Gasteiger charge is -2.20. The first-order valence-electron chi connectivity index (χ1n) is 15.3. The first kappa shape index (κ1) is 34.8. The fourth-order valence-corrected chi connectivity index (χ4v) is 4.85. The van der Waals surface area contributed by atoms with Gasteiger partial charge in [0, 0.05) is 6.42 Å². The van der Waals surface area contributed by atoms with Gasteiger partial charge < -0.3 is 25.2 Å². The number of carbonyl (C=O) groups is 3. The van der Waals surface area contributed by atoms with Crippen molar-refractivity contribution < 1.29 is 29.0 Å². The van der Waals surface area contributed by atoms with E-state index in [9.17, 15) is 19.5 Å². The highest BCUT2D eigenvalue weighted by molar-refractivity contribution is 5.86. The zero-order chi connectivity index (χ0) is 32.3. The van der Waals surface area contributed by atoms with Crippen molar-refractivity contribution in [3.63, 3.8) is 0 Å². The predicted octanol–water partition coefficient (Wildman–Crippen LogP) is 4.96. The maximum absolute atomic E-state index is 12.9. The van der Waals surface area contributed by atoms with Gasteiger partial charge >= 0.3 is 5.97 Å². The number of hydrogen-bond acceptors (Lipinski definition) is 6. The summed E-state index contributed by atoms with van der Waals surface area (Å²) in [5.41, 5.74) is 3.03. The third kappa shape index (κ3) is 12.8. The van der Waals surface area contributed by atoms with Crippen LogP contribution in [-0.2, 0) is 38.6 Å². The molecule has 0 spiro atoms. The summed E-state index contributed by atoms with van der Waals surface area (Å²) in [6.07, 6.45) is 4.96. The van der Waals surface area contributed by atoms with Crippen LogP contribution in [0.3, 0.4) is 0 Å². The van der Waals surface area contributed by atoms with Crippen LogP contribution in [0.2, 0.25) is 0 Å². The Balaban J connectivity index is 1.42. The average Bonchev–Trinajstić information content (AvgIpc) is 3.06. The van der Waals surface area contributed by atoms with Crippen LogP contribution in [0.15, 0.2) is 110 Å². The van der Waals surface area contributed by atoms with Crippen LogP contribution in [0.25, 0.3) is 0 Å². The third-order valence-corrected chi connectivity index (χ3v) is 7.25. The lowest BCUT2D eigenvalue weighted by molar-refractivity contribution is -0.148. The van der Waals surface area contributed by atoms with Crippen LogP contribution in [0, 0.1) is 11.8 Å². The lowest BCUT2D eigenvalue weighted by Crippen LogP contribution is -2.42. The highest BCUT2D eigenvalue weighted by Gasteiger charge is 2.23. The SMILES string of the molecule is C=CC[C@@H](CC(=O)N[C@H](CO)Cc1ccc(OCc2ccccc2)cc1)C(=O)NCCOC(=O)[C@H](CC=C)Cc1ccccc1. The van der Waals surface area contributed by atoms with Crippen LogP contribution in [0.4, 0.5) is 0 Å². The number of rotatable bonds is 20. The second-order valence-corrected chi connectivity index (χ2v) is 10.9. The van der Waals surface area contributed by atoms with E-state index < -0.39 is 12.0 Å². The Morgan fingerprint density at radius 2 is 1.38 bits per heavy atom. The van der Waals surface area contributed by atoms with Gasteiger partial charge in [0.05, 0.1) is 31.0 Å². The highest BCUT2D eigenvalue weighted by Crippen LogP contribution is 2.17. The number of nitrogens with one attached hydrogen (secondary N) is 2. The number of aliphatic hydroxyl groups is 1. The summed E-state index contributed by atoms with van der Waals surface area (Å²) in [4.78, 5) is 38.3. The minimum Gasteiger partial charge on any atom is -0.489 e. The molecule has 3 N–H and O–H groups in total. The van der Waals surface area contributed by atoms with Crippen molar-refractivity contribution in [2.24, 2.45) is 11.8 Å². The molecule has 3 rings (SSSR count). The molecular formula is C37H44N2O6. The molecule has 0 aliphatic rings. The predicted molar refractivity (Wildman–Crippen MR) is 175 cm³/mol. The second-order valence-electron chi connectivity index (χ2n) is 10.9. The molecule has 0 fully saturated rings. The average molecular weight is 613 g/mol. The van der Waals surface area contributed by atoms with Crippen molar-refractivity contribution in [2.75, 3.05) is 19.8 Å². The molecule has 0 aliphatic carbocycles. The zero-order valence-corrected chi connectivity index (χ0v) is 25.7. The molecule has 8 nitrogen and oxygen atoms in total. The molecule has 0 heterocycles. The molecule has 3 aromatic rings. The van der Waals surface area contributed by atoms with Gasteiger partial charge in [-0.3, -0.25) is 14.4 Å². The van der Waals surface area contributed by atoms with Gasteiger partial charge in [0.1, 0.15) is 19.0 Å². The van der Waals surface area contributed by atoms with Gasteiger partial charge in [-0.05, 0) is 54.5 Å².